The summed E-state index contributed by atoms with van der Waals surface area (Å²) in [7, 11) is 0. The molecule has 0 amide bonds. The first-order valence-corrected chi connectivity index (χ1v) is 4.69. The van der Waals surface area contributed by atoms with Crippen LogP contribution in [0.4, 0.5) is 5.69 Å². The zero-order valence-corrected chi connectivity index (χ0v) is 8.59. The average Bonchev–Trinajstić information content (AvgIpc) is 2.14. The SMILES string of the molecule is O=[N+]([O-])c1ccc(Cl)cc1OCCCl. The topological polar surface area (TPSA) is 52.4 Å². The maximum Gasteiger partial charge on any atom is 0.311 e. The Morgan fingerprint density at radius 3 is 2.79 bits per heavy atom. The van der Waals surface area contributed by atoms with Crippen molar-refractivity contribution in [3.8, 4) is 5.75 Å². The minimum atomic E-state index is -0.528. The Kier molecular flexibility index (Phi) is 3.98. The second kappa shape index (κ2) is 5.02. The number of hydrogen-bond donors (Lipinski definition) is 0. The van der Waals surface area contributed by atoms with Gasteiger partial charge in [0.1, 0.15) is 6.61 Å². The van der Waals surface area contributed by atoms with Crippen molar-refractivity contribution in [1.82, 2.24) is 0 Å². The predicted octanol–water partition coefficient (Wildman–Crippen LogP) is 2.87. The number of ether oxygens (including phenoxy) is 1. The summed E-state index contributed by atoms with van der Waals surface area (Å²) in [4.78, 5) is 10.0. The second-order valence-electron chi connectivity index (χ2n) is 2.41. The van der Waals surface area contributed by atoms with Crippen LogP contribution in [-0.2, 0) is 0 Å². The first-order chi connectivity index (χ1) is 6.65. The standard InChI is InChI=1S/C8H7Cl2NO3/c9-3-4-14-8-5-6(10)1-2-7(8)11(12)13/h1-2,5H,3-4H2. The van der Waals surface area contributed by atoms with Gasteiger partial charge in [-0.05, 0) is 6.07 Å². The molecule has 1 aromatic rings. The summed E-state index contributed by atoms with van der Waals surface area (Å²) in [6.45, 7) is 0.211. The van der Waals surface area contributed by atoms with Crippen LogP contribution >= 0.6 is 23.2 Å². The Labute approximate surface area is 90.5 Å². The fourth-order valence-electron chi connectivity index (χ4n) is 0.903. The van der Waals surface area contributed by atoms with E-state index >= 15 is 0 Å². The van der Waals surface area contributed by atoms with Crippen LogP contribution in [-0.4, -0.2) is 17.4 Å². The lowest BCUT2D eigenvalue weighted by molar-refractivity contribution is -0.385. The molecule has 0 bridgehead atoms. The molecule has 1 aromatic carbocycles. The molecule has 0 aliphatic heterocycles. The molecule has 14 heavy (non-hydrogen) atoms. The summed E-state index contributed by atoms with van der Waals surface area (Å²) >= 11 is 11.1. The van der Waals surface area contributed by atoms with Crippen LogP contribution in [0.2, 0.25) is 5.02 Å². The molecule has 0 aliphatic rings. The van der Waals surface area contributed by atoms with E-state index in [2.05, 4.69) is 0 Å². The average molecular weight is 236 g/mol. The smallest absolute Gasteiger partial charge is 0.311 e. The number of nitrogens with zero attached hydrogens (tertiary/aromatic N) is 1. The van der Waals surface area contributed by atoms with Gasteiger partial charge in [-0.1, -0.05) is 11.6 Å². The summed E-state index contributed by atoms with van der Waals surface area (Å²) in [5.74, 6) is 0.409. The Morgan fingerprint density at radius 2 is 2.21 bits per heavy atom. The highest BCUT2D eigenvalue weighted by Crippen LogP contribution is 2.29. The van der Waals surface area contributed by atoms with Crippen LogP contribution < -0.4 is 4.74 Å². The molecule has 0 spiro atoms. The number of halogens is 2. The van der Waals surface area contributed by atoms with Gasteiger partial charge < -0.3 is 4.74 Å². The van der Waals surface area contributed by atoms with Gasteiger partial charge >= 0.3 is 5.69 Å². The first kappa shape index (κ1) is 11.1. The van der Waals surface area contributed by atoms with Crippen molar-refractivity contribution in [3.05, 3.63) is 33.3 Å². The summed E-state index contributed by atoms with van der Waals surface area (Å²) in [6.07, 6.45) is 0. The molecular weight excluding hydrogens is 229 g/mol. The molecule has 0 fully saturated rings. The Bertz CT molecular complexity index is 343. The van der Waals surface area contributed by atoms with E-state index < -0.39 is 4.92 Å². The van der Waals surface area contributed by atoms with Gasteiger partial charge in [0.05, 0.1) is 10.8 Å². The van der Waals surface area contributed by atoms with Gasteiger partial charge in [-0.3, -0.25) is 10.1 Å². The van der Waals surface area contributed by atoms with Gasteiger partial charge in [0.15, 0.2) is 5.75 Å². The lowest BCUT2D eigenvalue weighted by Gasteiger charge is -2.04. The van der Waals surface area contributed by atoms with E-state index in [-0.39, 0.29) is 23.9 Å². The lowest BCUT2D eigenvalue weighted by Crippen LogP contribution is -2.01. The van der Waals surface area contributed by atoms with Crippen LogP contribution in [0.1, 0.15) is 0 Å². The largest absolute Gasteiger partial charge is 0.486 e. The van der Waals surface area contributed by atoms with Crippen molar-refractivity contribution in [2.24, 2.45) is 0 Å². The molecule has 0 saturated heterocycles. The zero-order valence-electron chi connectivity index (χ0n) is 7.07. The van der Waals surface area contributed by atoms with Gasteiger partial charge in [-0.25, -0.2) is 0 Å². The number of alkyl halides is 1. The highest BCUT2D eigenvalue weighted by atomic mass is 35.5. The van der Waals surface area contributed by atoms with Crippen LogP contribution in [0.3, 0.4) is 0 Å². The maximum atomic E-state index is 10.5. The van der Waals surface area contributed by atoms with Crippen LogP contribution in [0.5, 0.6) is 5.75 Å². The Morgan fingerprint density at radius 1 is 1.50 bits per heavy atom. The number of rotatable bonds is 4. The predicted molar refractivity (Wildman–Crippen MR) is 54.3 cm³/mol. The minimum absolute atomic E-state index is 0.112. The third-order valence-electron chi connectivity index (χ3n) is 1.45. The van der Waals surface area contributed by atoms with E-state index in [4.69, 9.17) is 27.9 Å². The highest BCUT2D eigenvalue weighted by Gasteiger charge is 2.14. The summed E-state index contributed by atoms with van der Waals surface area (Å²) in [5, 5.41) is 10.9. The van der Waals surface area contributed by atoms with Crippen LogP contribution in [0.15, 0.2) is 18.2 Å². The molecule has 6 heteroatoms. The van der Waals surface area contributed by atoms with Gasteiger partial charge in [-0.15, -0.1) is 11.6 Å². The first-order valence-electron chi connectivity index (χ1n) is 3.78. The summed E-state index contributed by atoms with van der Waals surface area (Å²) < 4.78 is 5.07. The molecule has 0 saturated carbocycles. The molecule has 0 aromatic heterocycles. The van der Waals surface area contributed by atoms with Gasteiger partial charge in [0, 0.05) is 17.2 Å². The molecule has 0 N–H and O–H groups in total. The fraction of sp³-hybridized carbons (Fsp3) is 0.250. The van der Waals surface area contributed by atoms with Gasteiger partial charge in [-0.2, -0.15) is 0 Å². The fourth-order valence-corrected chi connectivity index (χ4v) is 1.14. The molecule has 76 valence electrons. The van der Waals surface area contributed by atoms with E-state index in [1.54, 1.807) is 0 Å². The molecule has 4 nitrogen and oxygen atoms in total. The van der Waals surface area contributed by atoms with Crippen LogP contribution in [0, 0.1) is 10.1 Å². The molecule has 0 aliphatic carbocycles. The molecule has 0 unspecified atom stereocenters. The Hall–Kier alpha value is -1.00. The second-order valence-corrected chi connectivity index (χ2v) is 3.22. The van der Waals surface area contributed by atoms with E-state index in [1.165, 1.54) is 18.2 Å². The Balaban J connectivity index is 2.97. The van der Waals surface area contributed by atoms with Crippen molar-refractivity contribution >= 4 is 28.9 Å². The summed E-state index contributed by atoms with van der Waals surface area (Å²) in [6, 6.07) is 4.13. The third kappa shape index (κ3) is 2.75. The molecule has 0 radical (unpaired) electrons. The van der Waals surface area contributed by atoms with Gasteiger partial charge in [0.2, 0.25) is 0 Å². The monoisotopic (exact) mass is 235 g/mol. The van der Waals surface area contributed by atoms with E-state index in [0.29, 0.717) is 5.02 Å². The van der Waals surface area contributed by atoms with E-state index in [9.17, 15) is 10.1 Å². The van der Waals surface area contributed by atoms with Gasteiger partial charge in [0.25, 0.3) is 0 Å². The number of benzene rings is 1. The summed E-state index contributed by atoms with van der Waals surface area (Å²) in [5.41, 5.74) is -0.112. The normalized spacial score (nSPS) is 9.86. The molecule has 0 heterocycles. The maximum absolute atomic E-state index is 10.5. The lowest BCUT2D eigenvalue weighted by atomic mass is 10.3. The quantitative estimate of drug-likeness (QED) is 0.458. The zero-order chi connectivity index (χ0) is 10.6. The third-order valence-corrected chi connectivity index (χ3v) is 1.84. The van der Waals surface area contributed by atoms with Crippen molar-refractivity contribution in [3.63, 3.8) is 0 Å². The van der Waals surface area contributed by atoms with Crippen LogP contribution in [0.25, 0.3) is 0 Å². The van der Waals surface area contributed by atoms with Crippen molar-refractivity contribution in [2.75, 3.05) is 12.5 Å². The van der Waals surface area contributed by atoms with E-state index in [1.807, 2.05) is 0 Å². The highest BCUT2D eigenvalue weighted by molar-refractivity contribution is 6.30. The van der Waals surface area contributed by atoms with E-state index in [0.717, 1.165) is 0 Å². The number of nitro benzene ring substituents is 1. The van der Waals surface area contributed by atoms with Crippen molar-refractivity contribution < 1.29 is 9.66 Å². The van der Waals surface area contributed by atoms with Crippen molar-refractivity contribution in [2.45, 2.75) is 0 Å². The molecular formula is C8H7Cl2NO3. The minimum Gasteiger partial charge on any atom is -0.486 e. The molecule has 1 rings (SSSR count). The number of hydrogen-bond acceptors (Lipinski definition) is 3. The number of nitro groups is 1. The van der Waals surface area contributed by atoms with Crippen molar-refractivity contribution in [1.29, 1.82) is 0 Å². The molecule has 0 atom stereocenters.